The van der Waals surface area contributed by atoms with Gasteiger partial charge in [0, 0.05) is 19.5 Å². The molecule has 0 aromatic carbocycles. The number of amides is 2. The molecule has 9 heteroatoms. The quantitative estimate of drug-likeness (QED) is 0.449. The number of nitrogens with one attached hydrogen (secondary N) is 3. The van der Waals surface area contributed by atoms with Crippen molar-refractivity contribution in [2.75, 3.05) is 25.9 Å². The summed E-state index contributed by atoms with van der Waals surface area (Å²) in [7, 11) is -2.05. The van der Waals surface area contributed by atoms with Gasteiger partial charge in [-0.25, -0.2) is 17.9 Å². The fourth-order valence-corrected chi connectivity index (χ4v) is 2.43. The molecule has 21 heavy (non-hydrogen) atoms. The molecule has 0 fully saturated rings. The zero-order chi connectivity index (χ0) is 16.5. The first kappa shape index (κ1) is 19.7. The predicted molar refractivity (Wildman–Crippen MR) is 79.4 cm³/mol. The number of urea groups is 1. The van der Waals surface area contributed by atoms with Gasteiger partial charge in [0.2, 0.25) is 10.0 Å². The van der Waals surface area contributed by atoms with E-state index < -0.39 is 22.0 Å². The number of carboxylic acid groups (broad SMARTS) is 1. The molecule has 0 saturated heterocycles. The maximum atomic E-state index is 11.5. The number of aliphatic carboxylic acids is 1. The van der Waals surface area contributed by atoms with Gasteiger partial charge < -0.3 is 15.7 Å². The first-order chi connectivity index (χ1) is 9.66. The van der Waals surface area contributed by atoms with Crippen LogP contribution >= 0.6 is 0 Å². The summed E-state index contributed by atoms with van der Waals surface area (Å²) in [4.78, 5) is 22.3. The minimum atomic E-state index is -3.35. The predicted octanol–water partition coefficient (Wildman–Crippen LogP) is -0.0282. The van der Waals surface area contributed by atoms with Crippen molar-refractivity contribution >= 4 is 22.0 Å². The lowest BCUT2D eigenvalue weighted by Crippen LogP contribution is -2.41. The summed E-state index contributed by atoms with van der Waals surface area (Å²) in [6.07, 6.45) is 0.688. The molecule has 0 radical (unpaired) electrons. The van der Waals surface area contributed by atoms with Gasteiger partial charge in [0.25, 0.3) is 0 Å². The second-order valence-corrected chi connectivity index (χ2v) is 7.30. The van der Waals surface area contributed by atoms with Gasteiger partial charge in [-0.15, -0.1) is 0 Å². The maximum Gasteiger partial charge on any atom is 0.314 e. The maximum absolute atomic E-state index is 11.5. The normalized spacial score (nSPS) is 13.0. The SMILES string of the molecule is CNS(=O)(=O)CCNC(=O)NC[C@H](CC(=O)O)CC(C)C. The third-order valence-electron chi connectivity index (χ3n) is 2.79. The summed E-state index contributed by atoms with van der Waals surface area (Å²) in [6, 6.07) is -0.500. The summed E-state index contributed by atoms with van der Waals surface area (Å²) < 4.78 is 24.4. The lowest BCUT2D eigenvalue weighted by atomic mass is 9.94. The molecule has 4 N–H and O–H groups in total. The summed E-state index contributed by atoms with van der Waals surface area (Å²) in [6.45, 7) is 4.20. The highest BCUT2D eigenvalue weighted by atomic mass is 32.2. The Morgan fingerprint density at radius 2 is 1.81 bits per heavy atom. The van der Waals surface area contributed by atoms with Gasteiger partial charge in [0.15, 0.2) is 0 Å². The van der Waals surface area contributed by atoms with Crippen LogP contribution in [0.4, 0.5) is 4.79 Å². The molecule has 124 valence electrons. The van der Waals surface area contributed by atoms with E-state index in [-0.39, 0.29) is 31.2 Å². The Bertz CT molecular complexity index is 436. The molecule has 1 atom stereocenters. The molecular weight excluding hydrogens is 298 g/mol. The van der Waals surface area contributed by atoms with Crippen molar-refractivity contribution in [3.05, 3.63) is 0 Å². The van der Waals surface area contributed by atoms with Crippen molar-refractivity contribution in [1.29, 1.82) is 0 Å². The van der Waals surface area contributed by atoms with Crippen LogP contribution in [0.3, 0.4) is 0 Å². The van der Waals surface area contributed by atoms with Crippen molar-refractivity contribution in [3.8, 4) is 0 Å². The summed E-state index contributed by atoms with van der Waals surface area (Å²) in [5, 5.41) is 13.8. The van der Waals surface area contributed by atoms with Crippen molar-refractivity contribution < 1.29 is 23.1 Å². The van der Waals surface area contributed by atoms with E-state index in [9.17, 15) is 18.0 Å². The topological polar surface area (TPSA) is 125 Å². The van der Waals surface area contributed by atoms with Crippen molar-refractivity contribution in [2.45, 2.75) is 26.7 Å². The molecule has 8 nitrogen and oxygen atoms in total. The number of hydrogen-bond acceptors (Lipinski definition) is 4. The molecule has 0 aromatic heterocycles. The smallest absolute Gasteiger partial charge is 0.314 e. The van der Waals surface area contributed by atoms with E-state index in [1.54, 1.807) is 0 Å². The first-order valence-electron chi connectivity index (χ1n) is 6.81. The Hall–Kier alpha value is -1.35. The van der Waals surface area contributed by atoms with E-state index in [0.29, 0.717) is 12.3 Å². The second-order valence-electron chi connectivity index (χ2n) is 5.25. The first-order valence-corrected chi connectivity index (χ1v) is 8.46. The Kier molecular flexibility index (Phi) is 8.95. The van der Waals surface area contributed by atoms with Crippen LogP contribution < -0.4 is 15.4 Å². The molecule has 0 aliphatic rings. The van der Waals surface area contributed by atoms with Crippen LogP contribution in [0, 0.1) is 11.8 Å². The fourth-order valence-electron chi connectivity index (χ4n) is 1.85. The monoisotopic (exact) mass is 323 g/mol. The van der Waals surface area contributed by atoms with Gasteiger partial charge >= 0.3 is 12.0 Å². The largest absolute Gasteiger partial charge is 0.481 e. The molecule has 0 saturated carbocycles. The van der Waals surface area contributed by atoms with Crippen LogP contribution in [0.2, 0.25) is 0 Å². The summed E-state index contributed by atoms with van der Waals surface area (Å²) >= 11 is 0. The van der Waals surface area contributed by atoms with Crippen molar-refractivity contribution in [2.24, 2.45) is 11.8 Å². The van der Waals surface area contributed by atoms with Crippen LogP contribution in [-0.4, -0.2) is 51.4 Å². The standard InChI is InChI=1S/C12H25N3O5S/c1-9(2)6-10(7-11(16)17)8-15-12(18)14-4-5-21(19,20)13-3/h9-10,13H,4-8H2,1-3H3,(H,16,17)(H2,14,15,18)/t10-/m0/s1. The zero-order valence-electron chi connectivity index (χ0n) is 12.7. The summed E-state index contributed by atoms with van der Waals surface area (Å²) in [5.74, 6) is -0.918. The van der Waals surface area contributed by atoms with Gasteiger partial charge in [-0.1, -0.05) is 13.8 Å². The Labute approximate surface area is 125 Å². The van der Waals surface area contributed by atoms with Gasteiger partial charge in [-0.3, -0.25) is 4.79 Å². The molecule has 0 spiro atoms. The van der Waals surface area contributed by atoms with Gasteiger partial charge in [-0.2, -0.15) is 0 Å². The molecule has 0 unspecified atom stereocenters. The van der Waals surface area contributed by atoms with Crippen LogP contribution in [-0.2, 0) is 14.8 Å². The Morgan fingerprint density at radius 3 is 2.29 bits per heavy atom. The van der Waals surface area contributed by atoms with Crippen LogP contribution in [0.15, 0.2) is 0 Å². The van der Waals surface area contributed by atoms with E-state index in [2.05, 4.69) is 15.4 Å². The number of sulfonamides is 1. The second kappa shape index (κ2) is 9.56. The molecule has 0 aliphatic heterocycles. The molecule has 0 aliphatic carbocycles. The third kappa shape index (κ3) is 11.0. The van der Waals surface area contributed by atoms with E-state index >= 15 is 0 Å². The van der Waals surface area contributed by atoms with Crippen LogP contribution in [0.1, 0.15) is 26.7 Å². The van der Waals surface area contributed by atoms with E-state index in [1.165, 1.54) is 7.05 Å². The highest BCUT2D eigenvalue weighted by Gasteiger charge is 2.16. The molecular formula is C12H25N3O5S. The van der Waals surface area contributed by atoms with Crippen LogP contribution in [0.5, 0.6) is 0 Å². The molecule has 0 heterocycles. The fraction of sp³-hybridized carbons (Fsp3) is 0.833. The van der Waals surface area contributed by atoms with Gasteiger partial charge in [0.1, 0.15) is 0 Å². The lowest BCUT2D eigenvalue weighted by Gasteiger charge is -2.18. The van der Waals surface area contributed by atoms with Crippen LogP contribution in [0.25, 0.3) is 0 Å². The minimum absolute atomic E-state index is 0.00735. The van der Waals surface area contributed by atoms with E-state index in [0.717, 1.165) is 0 Å². The minimum Gasteiger partial charge on any atom is -0.481 e. The van der Waals surface area contributed by atoms with Gasteiger partial charge in [-0.05, 0) is 25.3 Å². The molecule has 0 rings (SSSR count). The Morgan fingerprint density at radius 1 is 1.19 bits per heavy atom. The third-order valence-corrected chi connectivity index (χ3v) is 4.15. The van der Waals surface area contributed by atoms with Gasteiger partial charge in [0.05, 0.1) is 5.75 Å². The molecule has 2 amide bonds. The van der Waals surface area contributed by atoms with E-state index in [1.807, 2.05) is 13.8 Å². The van der Waals surface area contributed by atoms with Crippen molar-refractivity contribution in [1.82, 2.24) is 15.4 Å². The summed E-state index contributed by atoms with van der Waals surface area (Å²) in [5.41, 5.74) is 0. The number of carboxylic acids is 1. The number of rotatable bonds is 10. The number of carbonyl (C=O) groups excluding carboxylic acids is 1. The highest BCUT2D eigenvalue weighted by Crippen LogP contribution is 2.14. The molecule has 0 bridgehead atoms. The van der Waals surface area contributed by atoms with Crippen molar-refractivity contribution in [3.63, 3.8) is 0 Å². The average Bonchev–Trinajstić information content (AvgIpc) is 2.34. The number of hydrogen-bond donors (Lipinski definition) is 4. The zero-order valence-corrected chi connectivity index (χ0v) is 13.5. The highest BCUT2D eigenvalue weighted by molar-refractivity contribution is 7.89. The lowest BCUT2D eigenvalue weighted by molar-refractivity contribution is -0.138. The number of carbonyl (C=O) groups is 2. The van der Waals surface area contributed by atoms with E-state index in [4.69, 9.17) is 5.11 Å². The molecule has 0 aromatic rings. The Balaban J connectivity index is 4.10. The average molecular weight is 323 g/mol.